The van der Waals surface area contributed by atoms with Crippen LogP contribution in [-0.4, -0.2) is 57.9 Å². The lowest BCUT2D eigenvalue weighted by molar-refractivity contribution is -0.120. The molecule has 0 saturated carbocycles. The molecule has 188 valence electrons. The first kappa shape index (κ1) is 26.9. The molecule has 2 aromatic carbocycles. The summed E-state index contributed by atoms with van der Waals surface area (Å²) in [7, 11) is -1.33. The van der Waals surface area contributed by atoms with E-state index in [0.29, 0.717) is 23.4 Å². The molecule has 2 aromatic rings. The second-order valence-corrected chi connectivity index (χ2v) is 10.7. The Hall–Kier alpha value is -2.66. The molecule has 1 heterocycles. The molecule has 1 amide bonds. The second-order valence-electron chi connectivity index (χ2n) is 7.93. The summed E-state index contributed by atoms with van der Waals surface area (Å²) in [4.78, 5) is 37.1. The molecule has 0 aromatic heterocycles. The van der Waals surface area contributed by atoms with Gasteiger partial charge in [-0.1, -0.05) is 29.3 Å². The Morgan fingerprint density at radius 2 is 1.74 bits per heavy atom. The molecule has 1 fully saturated rings. The number of carbonyl (C=O) groups is 3. The van der Waals surface area contributed by atoms with Gasteiger partial charge in [-0.25, -0.2) is 22.3 Å². The molecule has 0 spiro atoms. The quantitative estimate of drug-likeness (QED) is 0.529. The molecule has 0 aliphatic carbocycles. The van der Waals surface area contributed by atoms with E-state index in [2.05, 4.69) is 5.32 Å². The van der Waals surface area contributed by atoms with Crippen LogP contribution in [0.5, 0.6) is 0 Å². The van der Waals surface area contributed by atoms with Crippen molar-refractivity contribution in [1.29, 1.82) is 0 Å². The van der Waals surface area contributed by atoms with E-state index in [9.17, 15) is 22.8 Å². The number of nitrogens with one attached hydrogen (secondary N) is 1. The van der Waals surface area contributed by atoms with Crippen molar-refractivity contribution in [3.05, 3.63) is 63.1 Å². The second kappa shape index (κ2) is 11.4. The van der Waals surface area contributed by atoms with Gasteiger partial charge in [0.2, 0.25) is 15.9 Å². The lowest BCUT2D eigenvalue weighted by Gasteiger charge is -2.31. The van der Waals surface area contributed by atoms with Gasteiger partial charge in [0.1, 0.15) is 0 Å². The van der Waals surface area contributed by atoms with Gasteiger partial charge in [0, 0.05) is 13.1 Å². The highest BCUT2D eigenvalue weighted by molar-refractivity contribution is 7.88. The van der Waals surface area contributed by atoms with Crippen molar-refractivity contribution in [1.82, 2.24) is 4.31 Å². The molecule has 12 heteroatoms. The Bertz CT molecular complexity index is 1250. The highest BCUT2D eigenvalue weighted by Crippen LogP contribution is 2.27. The van der Waals surface area contributed by atoms with Crippen LogP contribution in [0.15, 0.2) is 36.4 Å². The largest absolute Gasteiger partial charge is 0.465 e. The number of ether oxygens (including phenoxy) is 2. The number of amides is 1. The van der Waals surface area contributed by atoms with Gasteiger partial charge in [0.15, 0.2) is 0 Å². The topological polar surface area (TPSA) is 119 Å². The highest BCUT2D eigenvalue weighted by Gasteiger charge is 2.33. The van der Waals surface area contributed by atoms with E-state index in [1.165, 1.54) is 48.9 Å². The van der Waals surface area contributed by atoms with Gasteiger partial charge in [-0.2, -0.15) is 0 Å². The molecular weight excluding hydrogens is 519 g/mol. The number of sulfonamides is 1. The number of hydrogen-bond acceptors (Lipinski definition) is 7. The lowest BCUT2D eigenvalue weighted by Crippen LogP contribution is -2.44. The van der Waals surface area contributed by atoms with Crippen LogP contribution in [0.2, 0.25) is 10.0 Å². The van der Waals surface area contributed by atoms with Crippen LogP contribution in [0.1, 0.15) is 39.1 Å². The first-order valence-electron chi connectivity index (χ1n) is 10.6. The Labute approximate surface area is 213 Å². The zero-order valence-electron chi connectivity index (χ0n) is 19.0. The zero-order chi connectivity index (χ0) is 25.8. The highest BCUT2D eigenvalue weighted by atomic mass is 35.5. The van der Waals surface area contributed by atoms with Crippen LogP contribution in [0, 0.1) is 5.92 Å². The third-order valence-corrected chi connectivity index (χ3v) is 8.14. The standard InChI is InChI=1S/C23H24Cl2N2O7S/c1-33-22(29)15-6-7-17(23(30)34-2)20(11-15)26-21(28)16-4-3-9-27(12-16)35(31,32)13-14-5-8-18(24)19(25)10-14/h5-8,10-11,16H,3-4,9,12-13H2,1-2H3,(H,26,28). The number of anilines is 1. The normalized spacial score (nSPS) is 16.4. The number of esters is 2. The van der Waals surface area contributed by atoms with E-state index in [4.69, 9.17) is 32.7 Å². The van der Waals surface area contributed by atoms with Crippen LogP contribution >= 0.6 is 23.2 Å². The summed E-state index contributed by atoms with van der Waals surface area (Å²) < 4.78 is 36.8. The van der Waals surface area contributed by atoms with Gasteiger partial charge in [-0.05, 0) is 48.7 Å². The first-order valence-corrected chi connectivity index (χ1v) is 13.0. The lowest BCUT2D eigenvalue weighted by atomic mass is 9.98. The summed E-state index contributed by atoms with van der Waals surface area (Å²) in [5, 5.41) is 3.23. The summed E-state index contributed by atoms with van der Waals surface area (Å²) in [5.74, 6) is -2.78. The van der Waals surface area contributed by atoms with Crippen LogP contribution in [0.4, 0.5) is 5.69 Å². The maximum atomic E-state index is 13.1. The van der Waals surface area contributed by atoms with Crippen LogP contribution in [-0.2, 0) is 30.0 Å². The molecule has 1 unspecified atom stereocenters. The Morgan fingerprint density at radius 3 is 2.40 bits per heavy atom. The van der Waals surface area contributed by atoms with Crippen molar-refractivity contribution in [3.63, 3.8) is 0 Å². The first-order chi connectivity index (χ1) is 16.6. The van der Waals surface area contributed by atoms with Crippen LogP contribution in [0.3, 0.4) is 0 Å². The number of rotatable bonds is 7. The van der Waals surface area contributed by atoms with E-state index in [1.54, 1.807) is 6.07 Å². The van der Waals surface area contributed by atoms with Gasteiger partial charge in [-0.15, -0.1) is 0 Å². The van der Waals surface area contributed by atoms with E-state index in [0.717, 1.165) is 0 Å². The van der Waals surface area contributed by atoms with Crippen molar-refractivity contribution < 1.29 is 32.3 Å². The number of benzene rings is 2. The predicted octanol–water partition coefficient (Wildman–Crippen LogP) is 3.75. The smallest absolute Gasteiger partial charge is 0.339 e. The SMILES string of the molecule is COC(=O)c1ccc(C(=O)OC)c(NC(=O)C2CCCN(S(=O)(=O)Cc3ccc(Cl)c(Cl)c3)C2)c1. The summed E-state index contributed by atoms with van der Waals surface area (Å²) >= 11 is 11.9. The molecule has 0 radical (unpaired) electrons. The van der Waals surface area contributed by atoms with Crippen molar-refractivity contribution in [2.75, 3.05) is 32.6 Å². The number of hydrogen-bond donors (Lipinski definition) is 1. The average Bonchev–Trinajstić information content (AvgIpc) is 2.85. The molecule has 35 heavy (non-hydrogen) atoms. The van der Waals surface area contributed by atoms with Gasteiger partial charge in [0.05, 0.1) is 52.7 Å². The van der Waals surface area contributed by atoms with Crippen LogP contribution in [0.25, 0.3) is 0 Å². The molecule has 0 bridgehead atoms. The number of nitrogens with zero attached hydrogens (tertiary/aromatic N) is 1. The molecule has 3 rings (SSSR count). The maximum Gasteiger partial charge on any atom is 0.339 e. The van der Waals surface area contributed by atoms with Gasteiger partial charge in [0.25, 0.3) is 0 Å². The molecule has 9 nitrogen and oxygen atoms in total. The number of halogens is 2. The summed E-state index contributed by atoms with van der Waals surface area (Å²) in [6, 6.07) is 8.66. The van der Waals surface area contributed by atoms with Crippen molar-refractivity contribution >= 4 is 56.8 Å². The third-order valence-electron chi connectivity index (χ3n) is 5.59. The minimum Gasteiger partial charge on any atom is -0.465 e. The van der Waals surface area contributed by atoms with Gasteiger partial charge in [-0.3, -0.25) is 4.79 Å². The number of methoxy groups -OCH3 is 2. The molecule has 1 aliphatic heterocycles. The van der Waals surface area contributed by atoms with Crippen molar-refractivity contribution in [2.24, 2.45) is 5.92 Å². The zero-order valence-corrected chi connectivity index (χ0v) is 21.4. The monoisotopic (exact) mass is 542 g/mol. The molecule has 1 atom stereocenters. The fraction of sp³-hybridized carbons (Fsp3) is 0.348. The number of carbonyl (C=O) groups excluding carboxylic acids is 3. The Morgan fingerprint density at radius 1 is 1.03 bits per heavy atom. The fourth-order valence-corrected chi connectivity index (χ4v) is 5.67. The molecule has 1 N–H and O–H groups in total. The van der Waals surface area contributed by atoms with Gasteiger partial charge >= 0.3 is 11.9 Å². The Balaban J connectivity index is 1.77. The fourth-order valence-electron chi connectivity index (χ4n) is 3.76. The predicted molar refractivity (Wildman–Crippen MR) is 131 cm³/mol. The van der Waals surface area contributed by atoms with Crippen molar-refractivity contribution in [3.8, 4) is 0 Å². The van der Waals surface area contributed by atoms with E-state index >= 15 is 0 Å². The Kier molecular flexibility index (Phi) is 8.76. The summed E-state index contributed by atoms with van der Waals surface area (Å²) in [6.45, 7) is 0.248. The number of piperidine rings is 1. The minimum absolute atomic E-state index is 0.0280. The molecule has 1 aliphatic rings. The third kappa shape index (κ3) is 6.52. The maximum absolute atomic E-state index is 13.1. The van der Waals surface area contributed by atoms with E-state index < -0.39 is 33.8 Å². The van der Waals surface area contributed by atoms with Gasteiger partial charge < -0.3 is 14.8 Å². The molecule has 1 saturated heterocycles. The average molecular weight is 543 g/mol. The van der Waals surface area contributed by atoms with Crippen molar-refractivity contribution in [2.45, 2.75) is 18.6 Å². The minimum atomic E-state index is -3.74. The van der Waals surface area contributed by atoms with E-state index in [-0.39, 0.29) is 40.7 Å². The summed E-state index contributed by atoms with van der Waals surface area (Å²) in [5.41, 5.74) is 0.729. The van der Waals surface area contributed by atoms with E-state index in [1.807, 2.05) is 0 Å². The van der Waals surface area contributed by atoms with Crippen LogP contribution < -0.4 is 5.32 Å². The summed E-state index contributed by atoms with van der Waals surface area (Å²) in [6.07, 6.45) is 0.930. The molecular formula is C23H24Cl2N2O7S.